The van der Waals surface area contributed by atoms with Crippen LogP contribution in [0.3, 0.4) is 0 Å². The minimum Gasteiger partial charge on any atom is -0.472 e. The van der Waals surface area contributed by atoms with Crippen LogP contribution in [-0.2, 0) is 11.3 Å². The summed E-state index contributed by atoms with van der Waals surface area (Å²) in [5.74, 6) is 0.430. The number of aromatic nitrogens is 3. The number of ether oxygens (including phenoxy) is 1. The summed E-state index contributed by atoms with van der Waals surface area (Å²) in [6.07, 6.45) is 3.75. The van der Waals surface area contributed by atoms with Gasteiger partial charge in [0, 0.05) is 41.0 Å². The van der Waals surface area contributed by atoms with Gasteiger partial charge >= 0.3 is 0 Å². The lowest BCUT2D eigenvalue weighted by Gasteiger charge is -2.17. The molecule has 25 heavy (non-hydrogen) atoms. The van der Waals surface area contributed by atoms with Gasteiger partial charge in [-0.05, 0) is 35.8 Å². The normalized spacial score (nSPS) is 16.9. The van der Waals surface area contributed by atoms with Crippen LogP contribution >= 0.6 is 15.9 Å². The summed E-state index contributed by atoms with van der Waals surface area (Å²) in [6.45, 7) is 4.59. The summed E-state index contributed by atoms with van der Waals surface area (Å²) in [7, 11) is 0. The number of carbonyl (C=O) groups excluding carboxylic acids is 1. The Labute approximate surface area is 153 Å². The summed E-state index contributed by atoms with van der Waals surface area (Å²) >= 11 is 3.33. The molecule has 0 aliphatic carbocycles. The van der Waals surface area contributed by atoms with E-state index in [1.807, 2.05) is 6.07 Å². The van der Waals surface area contributed by atoms with Crippen LogP contribution in [0.25, 0.3) is 0 Å². The van der Waals surface area contributed by atoms with Crippen molar-refractivity contribution in [2.24, 2.45) is 0 Å². The fourth-order valence-electron chi connectivity index (χ4n) is 2.69. The Morgan fingerprint density at radius 3 is 2.88 bits per heavy atom. The van der Waals surface area contributed by atoms with Crippen LogP contribution in [0.1, 0.15) is 17.7 Å². The number of halogens is 1. The van der Waals surface area contributed by atoms with Gasteiger partial charge in [0.1, 0.15) is 12.6 Å². The van der Waals surface area contributed by atoms with Crippen molar-refractivity contribution in [2.45, 2.75) is 32.9 Å². The average molecular weight is 407 g/mol. The third-order valence-corrected chi connectivity index (χ3v) is 4.78. The second kappa shape index (κ2) is 7.35. The van der Waals surface area contributed by atoms with Gasteiger partial charge in [0.15, 0.2) is 0 Å². The van der Waals surface area contributed by atoms with Crippen LogP contribution in [0.5, 0.6) is 5.88 Å². The molecule has 0 spiro atoms. The van der Waals surface area contributed by atoms with E-state index < -0.39 is 0 Å². The first-order valence-electron chi connectivity index (χ1n) is 8.02. The Morgan fingerprint density at radius 1 is 1.36 bits per heavy atom. The van der Waals surface area contributed by atoms with Crippen molar-refractivity contribution >= 4 is 21.8 Å². The zero-order valence-electron chi connectivity index (χ0n) is 14.1. The lowest BCUT2D eigenvalue weighted by Crippen LogP contribution is -2.36. The molecule has 0 saturated carbocycles. The van der Waals surface area contributed by atoms with Crippen LogP contribution in [0, 0.1) is 13.8 Å². The Bertz CT molecular complexity index is 835. The Hall–Kier alpha value is -2.22. The summed E-state index contributed by atoms with van der Waals surface area (Å²) in [4.78, 5) is 34.7. The number of rotatable bonds is 4. The SMILES string of the molecule is Cc1ncn(CC(=O)N2CCC(Oc3ccc(Br)cn3)C2)c(=O)c1C. The number of pyridine rings is 1. The number of amides is 1. The standard InChI is InChI=1S/C17H19BrN4O3/c1-11-12(2)20-10-22(17(11)24)9-16(23)21-6-5-14(8-21)25-15-4-3-13(18)7-19-15/h3-4,7,10,14H,5-6,8-9H2,1-2H3. The largest absolute Gasteiger partial charge is 0.472 e. The quantitative estimate of drug-likeness (QED) is 0.771. The molecular formula is C17H19BrN4O3. The van der Waals surface area contributed by atoms with Crippen molar-refractivity contribution < 1.29 is 9.53 Å². The molecule has 2 aromatic heterocycles. The zero-order valence-corrected chi connectivity index (χ0v) is 15.7. The molecule has 1 fully saturated rings. The highest BCUT2D eigenvalue weighted by atomic mass is 79.9. The van der Waals surface area contributed by atoms with Crippen molar-refractivity contribution in [3.05, 3.63) is 50.7 Å². The zero-order chi connectivity index (χ0) is 18.0. The third-order valence-electron chi connectivity index (χ3n) is 4.31. The van der Waals surface area contributed by atoms with E-state index in [4.69, 9.17) is 4.74 Å². The number of aryl methyl sites for hydroxylation is 1. The van der Waals surface area contributed by atoms with Gasteiger partial charge in [0.25, 0.3) is 5.56 Å². The molecule has 1 aliphatic rings. The number of hydrogen-bond acceptors (Lipinski definition) is 5. The maximum atomic E-state index is 12.5. The second-order valence-electron chi connectivity index (χ2n) is 6.07. The molecule has 1 saturated heterocycles. The minimum atomic E-state index is -0.174. The van der Waals surface area contributed by atoms with Gasteiger partial charge in [0.2, 0.25) is 11.8 Å². The topological polar surface area (TPSA) is 77.3 Å². The van der Waals surface area contributed by atoms with Gasteiger partial charge in [-0.25, -0.2) is 9.97 Å². The molecule has 0 aromatic carbocycles. The third kappa shape index (κ3) is 4.07. The fourth-order valence-corrected chi connectivity index (χ4v) is 2.92. The Kier molecular flexibility index (Phi) is 5.17. The molecule has 1 aliphatic heterocycles. The molecule has 132 valence electrons. The maximum absolute atomic E-state index is 12.5. The van der Waals surface area contributed by atoms with Gasteiger partial charge in [-0.1, -0.05) is 0 Å². The number of nitrogens with zero attached hydrogens (tertiary/aromatic N) is 4. The predicted molar refractivity (Wildman–Crippen MR) is 95.5 cm³/mol. The Morgan fingerprint density at radius 2 is 2.16 bits per heavy atom. The molecule has 1 amide bonds. The highest BCUT2D eigenvalue weighted by Crippen LogP contribution is 2.18. The lowest BCUT2D eigenvalue weighted by atomic mass is 10.3. The van der Waals surface area contributed by atoms with E-state index in [1.54, 1.807) is 31.0 Å². The van der Waals surface area contributed by atoms with Gasteiger partial charge in [-0.15, -0.1) is 0 Å². The summed E-state index contributed by atoms with van der Waals surface area (Å²) in [6, 6.07) is 3.65. The first-order valence-corrected chi connectivity index (χ1v) is 8.82. The number of hydrogen-bond donors (Lipinski definition) is 0. The van der Waals surface area contributed by atoms with Crippen LogP contribution in [0.15, 0.2) is 33.9 Å². The molecule has 0 radical (unpaired) electrons. The minimum absolute atomic E-state index is 0.00376. The highest BCUT2D eigenvalue weighted by Gasteiger charge is 2.28. The van der Waals surface area contributed by atoms with E-state index in [2.05, 4.69) is 25.9 Å². The van der Waals surface area contributed by atoms with E-state index >= 15 is 0 Å². The van der Waals surface area contributed by atoms with Crippen LogP contribution in [-0.4, -0.2) is 44.5 Å². The number of likely N-dealkylation sites (tertiary alicyclic amines) is 1. The second-order valence-corrected chi connectivity index (χ2v) is 6.99. The van der Waals surface area contributed by atoms with Crippen LogP contribution < -0.4 is 10.3 Å². The number of carbonyl (C=O) groups is 1. The average Bonchev–Trinajstić information content (AvgIpc) is 3.06. The molecule has 3 heterocycles. The van der Waals surface area contributed by atoms with Gasteiger partial charge < -0.3 is 9.64 Å². The molecular weight excluding hydrogens is 388 g/mol. The molecule has 2 aromatic rings. The fraction of sp³-hybridized carbons (Fsp3) is 0.412. The molecule has 0 N–H and O–H groups in total. The van der Waals surface area contributed by atoms with Gasteiger partial charge in [0.05, 0.1) is 12.9 Å². The summed E-state index contributed by atoms with van der Waals surface area (Å²) in [5, 5.41) is 0. The van der Waals surface area contributed by atoms with Crippen molar-refractivity contribution in [3.8, 4) is 5.88 Å². The van der Waals surface area contributed by atoms with E-state index in [-0.39, 0.29) is 24.1 Å². The summed E-state index contributed by atoms with van der Waals surface area (Å²) in [5.41, 5.74) is 1.08. The first kappa shape index (κ1) is 17.6. The molecule has 1 atom stereocenters. The van der Waals surface area contributed by atoms with Crippen molar-refractivity contribution in [1.82, 2.24) is 19.4 Å². The highest BCUT2D eigenvalue weighted by molar-refractivity contribution is 9.10. The first-order chi connectivity index (χ1) is 11.9. The lowest BCUT2D eigenvalue weighted by molar-refractivity contribution is -0.131. The Balaban J connectivity index is 1.60. The molecule has 7 nitrogen and oxygen atoms in total. The van der Waals surface area contributed by atoms with Crippen LogP contribution in [0.2, 0.25) is 0 Å². The van der Waals surface area contributed by atoms with Crippen molar-refractivity contribution in [1.29, 1.82) is 0 Å². The summed E-state index contributed by atoms with van der Waals surface area (Å²) < 4.78 is 8.05. The van der Waals surface area contributed by atoms with Crippen molar-refractivity contribution in [3.63, 3.8) is 0 Å². The molecule has 0 bridgehead atoms. The van der Waals surface area contributed by atoms with E-state index in [0.717, 1.165) is 10.9 Å². The molecule has 8 heteroatoms. The van der Waals surface area contributed by atoms with Crippen LogP contribution in [0.4, 0.5) is 0 Å². The van der Waals surface area contributed by atoms with Crippen molar-refractivity contribution in [2.75, 3.05) is 13.1 Å². The van der Waals surface area contributed by atoms with E-state index in [1.165, 1.54) is 10.9 Å². The monoisotopic (exact) mass is 406 g/mol. The van der Waals surface area contributed by atoms with E-state index in [0.29, 0.717) is 30.2 Å². The maximum Gasteiger partial charge on any atom is 0.256 e. The van der Waals surface area contributed by atoms with Gasteiger partial charge in [-0.2, -0.15) is 0 Å². The smallest absolute Gasteiger partial charge is 0.256 e. The van der Waals surface area contributed by atoms with E-state index in [9.17, 15) is 9.59 Å². The molecule has 3 rings (SSSR count). The molecule has 1 unspecified atom stereocenters. The predicted octanol–water partition coefficient (Wildman–Crippen LogP) is 1.70. The van der Waals surface area contributed by atoms with Gasteiger partial charge in [-0.3, -0.25) is 14.2 Å².